The monoisotopic (exact) mass is 336 g/mol. The first kappa shape index (κ1) is 17.0. The minimum atomic E-state index is -4.59. The van der Waals surface area contributed by atoms with Crippen LogP contribution in [-0.2, 0) is 14.3 Å². The zero-order valence-corrected chi connectivity index (χ0v) is 13.5. The van der Waals surface area contributed by atoms with Crippen molar-refractivity contribution in [2.24, 2.45) is 29.1 Å². The minimum absolute atomic E-state index is 0.126. The molecule has 1 saturated heterocycles. The summed E-state index contributed by atoms with van der Waals surface area (Å²) >= 11 is 0. The molecule has 2 aliphatic carbocycles. The molecule has 0 radical (unpaired) electrons. The van der Waals surface area contributed by atoms with Gasteiger partial charge >= 0.3 is 12.1 Å². The van der Waals surface area contributed by atoms with Gasteiger partial charge in [-0.2, -0.15) is 13.2 Å². The van der Waals surface area contributed by atoms with Crippen molar-refractivity contribution in [3.63, 3.8) is 0 Å². The fraction of sp³-hybridized carbons (Fsp3) is 0.938. The van der Waals surface area contributed by atoms with Gasteiger partial charge in [-0.1, -0.05) is 20.8 Å². The average Bonchev–Trinajstić information content (AvgIpc) is 2.99. The number of rotatable bonds is 5. The number of halogens is 3. The van der Waals surface area contributed by atoms with Gasteiger partial charge in [-0.3, -0.25) is 4.79 Å². The van der Waals surface area contributed by atoms with Crippen LogP contribution in [0.1, 0.15) is 40.0 Å². The quantitative estimate of drug-likeness (QED) is 0.620. The molecule has 0 amide bonds. The van der Waals surface area contributed by atoms with E-state index in [4.69, 9.17) is 9.47 Å². The highest BCUT2D eigenvalue weighted by Crippen LogP contribution is 2.67. The number of ether oxygens (including phenoxy) is 2. The molecule has 1 N–H and O–H groups in total. The Hall–Kier alpha value is -0.820. The van der Waals surface area contributed by atoms with Crippen LogP contribution in [0, 0.1) is 29.1 Å². The summed E-state index contributed by atoms with van der Waals surface area (Å²) in [5.74, 6) is -2.18. The normalized spacial score (nSPS) is 41.5. The van der Waals surface area contributed by atoms with Crippen molar-refractivity contribution in [3.05, 3.63) is 0 Å². The molecule has 7 unspecified atom stereocenters. The van der Waals surface area contributed by atoms with E-state index >= 15 is 0 Å². The lowest BCUT2D eigenvalue weighted by atomic mass is 9.73. The second kappa shape index (κ2) is 5.34. The second-order valence-corrected chi connectivity index (χ2v) is 7.74. The molecule has 0 aromatic heterocycles. The SMILES string of the molecule is CC(C)CC(C)C(O)OC1C2CC3C1OC(=O)C3(C(F)(F)F)C2. The topological polar surface area (TPSA) is 55.8 Å². The Balaban J connectivity index is 1.73. The summed E-state index contributed by atoms with van der Waals surface area (Å²) in [6, 6.07) is 0. The van der Waals surface area contributed by atoms with Gasteiger partial charge in [0.25, 0.3) is 0 Å². The third-order valence-corrected chi connectivity index (χ3v) is 5.70. The molecule has 2 bridgehead atoms. The average molecular weight is 336 g/mol. The Morgan fingerprint density at radius 3 is 2.61 bits per heavy atom. The highest BCUT2D eigenvalue weighted by atomic mass is 19.4. The summed E-state index contributed by atoms with van der Waals surface area (Å²) in [6.45, 7) is 5.90. The lowest BCUT2D eigenvalue weighted by Crippen LogP contribution is -2.49. The number of hydrogen-bond acceptors (Lipinski definition) is 4. The summed E-state index contributed by atoms with van der Waals surface area (Å²) < 4.78 is 51.0. The van der Waals surface area contributed by atoms with Gasteiger partial charge in [-0.15, -0.1) is 0 Å². The third-order valence-electron chi connectivity index (χ3n) is 5.70. The Kier molecular flexibility index (Phi) is 3.95. The van der Waals surface area contributed by atoms with Crippen molar-refractivity contribution in [2.75, 3.05) is 0 Å². The molecule has 7 atom stereocenters. The van der Waals surface area contributed by atoms with E-state index in [1.165, 1.54) is 0 Å². The van der Waals surface area contributed by atoms with Crippen LogP contribution in [0.25, 0.3) is 0 Å². The zero-order valence-electron chi connectivity index (χ0n) is 13.5. The molecule has 3 fully saturated rings. The summed E-state index contributed by atoms with van der Waals surface area (Å²) in [4.78, 5) is 11.9. The second-order valence-electron chi connectivity index (χ2n) is 7.74. The molecule has 3 aliphatic rings. The van der Waals surface area contributed by atoms with Gasteiger partial charge in [0.2, 0.25) is 0 Å². The van der Waals surface area contributed by atoms with Gasteiger partial charge < -0.3 is 14.6 Å². The summed E-state index contributed by atoms with van der Waals surface area (Å²) in [6.07, 6.45) is -6.43. The number of hydrogen-bond donors (Lipinski definition) is 1. The summed E-state index contributed by atoms with van der Waals surface area (Å²) in [7, 11) is 0. The maximum Gasteiger partial charge on any atom is 0.405 e. The molecular weight excluding hydrogens is 313 g/mol. The fourth-order valence-electron chi connectivity index (χ4n) is 4.74. The molecule has 23 heavy (non-hydrogen) atoms. The highest BCUT2D eigenvalue weighted by molar-refractivity contribution is 5.82. The van der Waals surface area contributed by atoms with Crippen molar-refractivity contribution in [1.82, 2.24) is 0 Å². The molecule has 1 heterocycles. The van der Waals surface area contributed by atoms with Crippen LogP contribution in [-0.4, -0.2) is 35.8 Å². The molecule has 132 valence electrons. The Labute approximate surface area is 133 Å². The van der Waals surface area contributed by atoms with Gasteiger partial charge in [-0.25, -0.2) is 0 Å². The number of esters is 1. The smallest absolute Gasteiger partial charge is 0.405 e. The van der Waals surface area contributed by atoms with Crippen molar-refractivity contribution in [2.45, 2.75) is 64.7 Å². The van der Waals surface area contributed by atoms with Crippen LogP contribution in [0.5, 0.6) is 0 Å². The van der Waals surface area contributed by atoms with Crippen LogP contribution >= 0.6 is 0 Å². The van der Waals surface area contributed by atoms with E-state index in [1.807, 2.05) is 20.8 Å². The number of alkyl halides is 3. The van der Waals surface area contributed by atoms with Crippen molar-refractivity contribution in [3.8, 4) is 0 Å². The molecule has 0 aromatic rings. The van der Waals surface area contributed by atoms with E-state index in [9.17, 15) is 23.1 Å². The Morgan fingerprint density at radius 2 is 2.04 bits per heavy atom. The van der Waals surface area contributed by atoms with Crippen LogP contribution in [0.4, 0.5) is 13.2 Å². The van der Waals surface area contributed by atoms with Crippen LogP contribution < -0.4 is 0 Å². The molecule has 1 aliphatic heterocycles. The largest absolute Gasteiger partial charge is 0.459 e. The van der Waals surface area contributed by atoms with Crippen LogP contribution in [0.2, 0.25) is 0 Å². The van der Waals surface area contributed by atoms with Crippen molar-refractivity contribution >= 4 is 5.97 Å². The number of aliphatic hydroxyl groups is 1. The highest BCUT2D eigenvalue weighted by Gasteiger charge is 2.80. The maximum atomic E-state index is 13.4. The van der Waals surface area contributed by atoms with E-state index < -0.39 is 42.0 Å². The van der Waals surface area contributed by atoms with Gasteiger partial charge in [0.05, 0.1) is 0 Å². The lowest BCUT2D eigenvalue weighted by Gasteiger charge is -2.35. The number of carbonyl (C=O) groups excluding carboxylic acids is 1. The first-order valence-corrected chi connectivity index (χ1v) is 8.19. The molecule has 4 nitrogen and oxygen atoms in total. The van der Waals surface area contributed by atoms with E-state index in [1.54, 1.807) is 0 Å². The molecular formula is C16H23F3O4. The standard InChI is InChI=1S/C16H23F3O4/c1-7(2)4-8(3)13(20)22-11-9-5-10-12(11)23-14(21)15(10,6-9)16(17,18)19/h7-13,20H,4-6H2,1-3H3. The van der Waals surface area contributed by atoms with Gasteiger partial charge in [0, 0.05) is 11.8 Å². The maximum absolute atomic E-state index is 13.4. The zero-order chi connectivity index (χ0) is 17.2. The number of aliphatic hydroxyl groups excluding tert-OH is 1. The van der Waals surface area contributed by atoms with E-state index in [2.05, 4.69) is 0 Å². The summed E-state index contributed by atoms with van der Waals surface area (Å²) in [5, 5.41) is 10.2. The first-order chi connectivity index (χ1) is 10.6. The molecule has 0 aromatic carbocycles. The molecule has 0 spiro atoms. The molecule has 7 heteroatoms. The Bertz CT molecular complexity index is 492. The van der Waals surface area contributed by atoms with Gasteiger partial charge in [-0.05, 0) is 31.1 Å². The Morgan fingerprint density at radius 1 is 1.39 bits per heavy atom. The van der Waals surface area contributed by atoms with Crippen LogP contribution in [0.15, 0.2) is 0 Å². The van der Waals surface area contributed by atoms with E-state index in [0.717, 1.165) is 6.42 Å². The predicted octanol–water partition coefficient (Wildman–Crippen LogP) is 2.89. The molecule has 2 saturated carbocycles. The summed E-state index contributed by atoms with van der Waals surface area (Å²) in [5.41, 5.74) is -2.35. The first-order valence-electron chi connectivity index (χ1n) is 8.19. The lowest BCUT2D eigenvalue weighted by molar-refractivity contribution is -0.237. The van der Waals surface area contributed by atoms with Crippen molar-refractivity contribution in [1.29, 1.82) is 0 Å². The van der Waals surface area contributed by atoms with Gasteiger partial charge in [0.1, 0.15) is 12.2 Å². The van der Waals surface area contributed by atoms with E-state index in [0.29, 0.717) is 5.92 Å². The van der Waals surface area contributed by atoms with E-state index in [-0.39, 0.29) is 24.7 Å². The minimum Gasteiger partial charge on any atom is -0.459 e. The predicted molar refractivity (Wildman–Crippen MR) is 74.1 cm³/mol. The fourth-order valence-corrected chi connectivity index (χ4v) is 4.74. The number of carbonyl (C=O) groups is 1. The van der Waals surface area contributed by atoms with Crippen LogP contribution in [0.3, 0.4) is 0 Å². The van der Waals surface area contributed by atoms with Crippen molar-refractivity contribution < 1.29 is 32.5 Å². The number of fused-ring (bicyclic) bond motifs is 1. The molecule has 3 rings (SSSR count). The third kappa shape index (κ3) is 2.38. The van der Waals surface area contributed by atoms with Gasteiger partial charge in [0.15, 0.2) is 11.7 Å².